The largest absolute Gasteiger partial charge is 0.360 e. The fourth-order valence-electron chi connectivity index (χ4n) is 3.76. The first-order chi connectivity index (χ1) is 13.8. The number of aliphatic imine (C=N–C) groups is 2. The van der Waals surface area contributed by atoms with Gasteiger partial charge in [-0.2, -0.15) is 0 Å². The number of fused-ring (bicyclic) bond motifs is 1. The SMILES string of the molecule is Brc1ccc2[nH]cc(C3=N[C@H](c4ccccc4)[C@@H](c4ccccc4)N=C3)c2c1. The Morgan fingerprint density at radius 2 is 1.46 bits per heavy atom. The average Bonchev–Trinajstić information content (AvgIpc) is 3.17. The van der Waals surface area contributed by atoms with Gasteiger partial charge in [-0.3, -0.25) is 9.98 Å². The molecular formula is C24H18BrN3. The number of nitrogens with zero attached hydrogens (tertiary/aromatic N) is 2. The molecule has 0 spiro atoms. The fourth-order valence-corrected chi connectivity index (χ4v) is 4.12. The van der Waals surface area contributed by atoms with Crippen molar-refractivity contribution in [2.24, 2.45) is 9.98 Å². The van der Waals surface area contributed by atoms with E-state index in [1.165, 1.54) is 11.1 Å². The number of H-pyrrole nitrogens is 1. The molecule has 2 heterocycles. The summed E-state index contributed by atoms with van der Waals surface area (Å²) in [6, 6.07) is 27.0. The van der Waals surface area contributed by atoms with Crippen LogP contribution in [0.15, 0.2) is 99.5 Å². The van der Waals surface area contributed by atoms with Crippen molar-refractivity contribution in [3.8, 4) is 0 Å². The number of hydrogen-bond acceptors (Lipinski definition) is 2. The number of rotatable bonds is 3. The molecule has 0 bridgehead atoms. The molecule has 0 unspecified atom stereocenters. The van der Waals surface area contributed by atoms with Crippen molar-refractivity contribution in [1.82, 2.24) is 4.98 Å². The van der Waals surface area contributed by atoms with Crippen molar-refractivity contribution >= 4 is 38.8 Å². The minimum absolute atomic E-state index is 0.0238. The van der Waals surface area contributed by atoms with Crippen molar-refractivity contribution in [2.75, 3.05) is 0 Å². The minimum atomic E-state index is -0.0549. The smallest absolute Gasteiger partial charge is 0.102 e. The Bertz CT molecular complexity index is 1180. The lowest BCUT2D eigenvalue weighted by Gasteiger charge is -2.25. The molecule has 0 radical (unpaired) electrons. The molecule has 4 aromatic rings. The fraction of sp³-hybridized carbons (Fsp3) is 0.0833. The molecule has 0 saturated heterocycles. The van der Waals surface area contributed by atoms with E-state index >= 15 is 0 Å². The highest BCUT2D eigenvalue weighted by atomic mass is 79.9. The van der Waals surface area contributed by atoms with Crippen LogP contribution in [0.1, 0.15) is 28.8 Å². The maximum atomic E-state index is 5.16. The zero-order chi connectivity index (χ0) is 18.9. The van der Waals surface area contributed by atoms with E-state index in [0.29, 0.717) is 0 Å². The van der Waals surface area contributed by atoms with Crippen LogP contribution < -0.4 is 0 Å². The summed E-state index contributed by atoms with van der Waals surface area (Å²) in [5, 5.41) is 1.14. The van der Waals surface area contributed by atoms with E-state index in [9.17, 15) is 0 Å². The number of nitrogens with one attached hydrogen (secondary N) is 1. The molecule has 1 aliphatic heterocycles. The molecule has 1 aromatic heterocycles. The van der Waals surface area contributed by atoms with E-state index in [4.69, 9.17) is 9.98 Å². The number of benzene rings is 3. The van der Waals surface area contributed by atoms with Crippen LogP contribution >= 0.6 is 15.9 Å². The summed E-state index contributed by atoms with van der Waals surface area (Å²) in [7, 11) is 0. The summed E-state index contributed by atoms with van der Waals surface area (Å²) in [4.78, 5) is 13.5. The van der Waals surface area contributed by atoms with Gasteiger partial charge >= 0.3 is 0 Å². The Morgan fingerprint density at radius 1 is 0.786 bits per heavy atom. The van der Waals surface area contributed by atoms with Gasteiger partial charge in [-0.25, -0.2) is 0 Å². The molecule has 0 aliphatic carbocycles. The van der Waals surface area contributed by atoms with Crippen LogP contribution in [0.2, 0.25) is 0 Å². The van der Waals surface area contributed by atoms with Crippen LogP contribution in [0.5, 0.6) is 0 Å². The molecule has 0 amide bonds. The molecule has 136 valence electrons. The molecule has 5 rings (SSSR count). The molecule has 1 N–H and O–H groups in total. The number of aromatic amines is 1. The Hall–Kier alpha value is -2.98. The normalized spacial score (nSPS) is 19.0. The maximum Gasteiger partial charge on any atom is 0.102 e. The summed E-state index contributed by atoms with van der Waals surface area (Å²) < 4.78 is 1.05. The highest BCUT2D eigenvalue weighted by molar-refractivity contribution is 9.10. The van der Waals surface area contributed by atoms with E-state index in [2.05, 4.69) is 81.6 Å². The summed E-state index contributed by atoms with van der Waals surface area (Å²) in [5.41, 5.74) is 5.43. The van der Waals surface area contributed by atoms with E-state index in [0.717, 1.165) is 26.7 Å². The summed E-state index contributed by atoms with van der Waals surface area (Å²) in [6.07, 6.45) is 3.94. The zero-order valence-electron chi connectivity index (χ0n) is 15.1. The Kier molecular flexibility index (Phi) is 4.41. The molecule has 2 atom stereocenters. The topological polar surface area (TPSA) is 40.5 Å². The van der Waals surface area contributed by atoms with Gasteiger partial charge in [0.1, 0.15) is 12.1 Å². The molecule has 0 fully saturated rings. The summed E-state index contributed by atoms with van der Waals surface area (Å²) in [6.45, 7) is 0. The van der Waals surface area contributed by atoms with Crippen molar-refractivity contribution in [3.05, 3.63) is 106 Å². The lowest BCUT2D eigenvalue weighted by atomic mass is 9.92. The van der Waals surface area contributed by atoms with Crippen LogP contribution in [0.25, 0.3) is 10.9 Å². The molecule has 3 nitrogen and oxygen atoms in total. The quantitative estimate of drug-likeness (QED) is 0.399. The standard InChI is InChI=1S/C24H18BrN3/c25-18-11-12-21-19(13-18)20(14-26-21)22-15-27-23(16-7-3-1-4-8-16)24(28-22)17-9-5-2-6-10-17/h1-15,23-24,26H/t23-,24-/m1/s1. The minimum Gasteiger partial charge on any atom is -0.360 e. The van der Waals surface area contributed by atoms with Crippen molar-refractivity contribution < 1.29 is 0 Å². The lowest BCUT2D eigenvalue weighted by molar-refractivity contribution is 0.577. The number of halogens is 1. The second-order valence-electron chi connectivity index (χ2n) is 6.90. The third-order valence-corrected chi connectivity index (χ3v) is 5.63. The van der Waals surface area contributed by atoms with Crippen LogP contribution in [0.4, 0.5) is 0 Å². The molecule has 0 saturated carbocycles. The van der Waals surface area contributed by atoms with Gasteiger partial charge in [-0.05, 0) is 29.3 Å². The maximum absolute atomic E-state index is 5.16. The summed E-state index contributed by atoms with van der Waals surface area (Å²) >= 11 is 3.58. The number of hydrogen-bond donors (Lipinski definition) is 1. The molecule has 3 aromatic carbocycles. The first kappa shape index (κ1) is 17.1. The Labute approximate surface area is 172 Å². The van der Waals surface area contributed by atoms with Crippen LogP contribution in [-0.4, -0.2) is 16.9 Å². The van der Waals surface area contributed by atoms with Gasteiger partial charge in [0, 0.05) is 33.4 Å². The number of aromatic nitrogens is 1. The van der Waals surface area contributed by atoms with Gasteiger partial charge < -0.3 is 4.98 Å². The van der Waals surface area contributed by atoms with Crippen molar-refractivity contribution in [1.29, 1.82) is 0 Å². The molecular weight excluding hydrogens is 410 g/mol. The third-order valence-electron chi connectivity index (χ3n) is 5.14. The van der Waals surface area contributed by atoms with Gasteiger partial charge in [-0.1, -0.05) is 76.6 Å². The van der Waals surface area contributed by atoms with E-state index < -0.39 is 0 Å². The van der Waals surface area contributed by atoms with Gasteiger partial charge in [0.25, 0.3) is 0 Å². The van der Waals surface area contributed by atoms with Gasteiger partial charge in [-0.15, -0.1) is 0 Å². The highest BCUT2D eigenvalue weighted by Gasteiger charge is 2.27. The predicted molar refractivity (Wildman–Crippen MR) is 119 cm³/mol. The highest BCUT2D eigenvalue weighted by Crippen LogP contribution is 2.38. The molecule has 4 heteroatoms. The van der Waals surface area contributed by atoms with Crippen LogP contribution in [0, 0.1) is 0 Å². The molecule has 1 aliphatic rings. The second-order valence-corrected chi connectivity index (χ2v) is 7.81. The Balaban J connectivity index is 1.63. The van der Waals surface area contributed by atoms with Crippen molar-refractivity contribution in [3.63, 3.8) is 0 Å². The summed E-state index contributed by atoms with van der Waals surface area (Å²) in [5.74, 6) is 0. The third kappa shape index (κ3) is 3.10. The first-order valence-electron chi connectivity index (χ1n) is 9.27. The van der Waals surface area contributed by atoms with E-state index in [1.807, 2.05) is 30.6 Å². The van der Waals surface area contributed by atoms with E-state index in [-0.39, 0.29) is 12.1 Å². The van der Waals surface area contributed by atoms with Crippen LogP contribution in [-0.2, 0) is 0 Å². The van der Waals surface area contributed by atoms with Gasteiger partial charge in [0.05, 0.1) is 5.71 Å². The first-order valence-corrected chi connectivity index (χ1v) is 10.1. The van der Waals surface area contributed by atoms with Gasteiger partial charge in [0.2, 0.25) is 0 Å². The predicted octanol–water partition coefficient (Wildman–Crippen LogP) is 6.29. The van der Waals surface area contributed by atoms with Gasteiger partial charge in [0.15, 0.2) is 0 Å². The Morgan fingerprint density at radius 3 is 2.18 bits per heavy atom. The second kappa shape index (κ2) is 7.21. The average molecular weight is 428 g/mol. The lowest BCUT2D eigenvalue weighted by Crippen LogP contribution is -2.18. The monoisotopic (exact) mass is 427 g/mol. The van der Waals surface area contributed by atoms with Crippen molar-refractivity contribution in [2.45, 2.75) is 12.1 Å². The molecule has 28 heavy (non-hydrogen) atoms. The zero-order valence-corrected chi connectivity index (χ0v) is 16.7. The van der Waals surface area contributed by atoms with Crippen LogP contribution in [0.3, 0.4) is 0 Å². The van der Waals surface area contributed by atoms with E-state index in [1.54, 1.807) is 0 Å².